The molecule has 7 heteroatoms. The van der Waals surface area contributed by atoms with Crippen molar-refractivity contribution in [3.05, 3.63) is 48.3 Å². The van der Waals surface area contributed by atoms with Crippen LogP contribution < -0.4 is 14.8 Å². The zero-order valence-corrected chi connectivity index (χ0v) is 15.7. The second-order valence-corrected chi connectivity index (χ2v) is 7.30. The molecule has 2 heterocycles. The normalized spacial score (nSPS) is 12.9. The number of hydrogen-bond donors (Lipinski definition) is 2. The van der Waals surface area contributed by atoms with Crippen molar-refractivity contribution < 1.29 is 14.3 Å². The number of amides is 1. The molecule has 0 unspecified atom stereocenters. The number of ether oxygens (including phenoxy) is 2. The number of H-pyrrole nitrogens is 1. The fourth-order valence-corrected chi connectivity index (χ4v) is 3.68. The first-order chi connectivity index (χ1) is 13.3. The minimum Gasteiger partial charge on any atom is -0.486 e. The molecule has 6 nitrogen and oxygen atoms in total. The predicted molar refractivity (Wildman–Crippen MR) is 106 cm³/mol. The Bertz CT molecular complexity index is 908. The minimum atomic E-state index is 0.0273. The Labute approximate surface area is 161 Å². The van der Waals surface area contributed by atoms with Crippen LogP contribution in [0.25, 0.3) is 11.0 Å². The van der Waals surface area contributed by atoms with Crippen LogP contribution >= 0.6 is 11.8 Å². The number of aromatic amines is 1. The first-order valence-electron chi connectivity index (χ1n) is 9.01. The number of fused-ring (bicyclic) bond motifs is 2. The summed E-state index contributed by atoms with van der Waals surface area (Å²) in [5, 5.41) is 2.96. The van der Waals surface area contributed by atoms with Crippen LogP contribution in [0.4, 0.5) is 0 Å². The average Bonchev–Trinajstić information content (AvgIpc) is 3.12. The number of nitrogens with zero attached hydrogens (tertiary/aromatic N) is 1. The molecule has 0 aliphatic carbocycles. The van der Waals surface area contributed by atoms with Crippen LogP contribution in [-0.4, -0.2) is 41.4 Å². The third-order valence-corrected chi connectivity index (χ3v) is 5.23. The number of aromatic nitrogens is 2. The molecule has 0 spiro atoms. The number of hydrogen-bond acceptors (Lipinski definition) is 5. The number of para-hydroxylation sites is 2. The topological polar surface area (TPSA) is 76.2 Å². The Morgan fingerprint density at radius 3 is 2.89 bits per heavy atom. The fourth-order valence-electron chi connectivity index (χ4n) is 2.92. The van der Waals surface area contributed by atoms with Crippen LogP contribution in [0.2, 0.25) is 0 Å². The maximum atomic E-state index is 12.0. The Morgan fingerprint density at radius 1 is 1.15 bits per heavy atom. The molecule has 1 aromatic heterocycles. The van der Waals surface area contributed by atoms with E-state index in [1.54, 1.807) is 0 Å². The van der Waals surface area contributed by atoms with Crippen molar-refractivity contribution in [2.75, 3.05) is 25.5 Å². The largest absolute Gasteiger partial charge is 0.486 e. The number of imidazole rings is 1. The van der Waals surface area contributed by atoms with Gasteiger partial charge in [-0.15, -0.1) is 11.8 Å². The van der Waals surface area contributed by atoms with Gasteiger partial charge >= 0.3 is 0 Å². The standard InChI is InChI=1S/C20H21N3O3S/c24-20(13-27-14-7-8-17-18(12-14)26-11-10-25-17)21-9-3-6-19-22-15-4-1-2-5-16(15)23-19/h1-2,4-5,7-8,12H,3,6,9-11,13H2,(H,21,24)(H,22,23). The highest BCUT2D eigenvalue weighted by Gasteiger charge is 2.12. The van der Waals surface area contributed by atoms with Gasteiger partial charge in [-0.2, -0.15) is 0 Å². The van der Waals surface area contributed by atoms with Gasteiger partial charge in [0.15, 0.2) is 11.5 Å². The van der Waals surface area contributed by atoms with Crippen LogP contribution in [-0.2, 0) is 11.2 Å². The van der Waals surface area contributed by atoms with Crippen LogP contribution in [0.1, 0.15) is 12.2 Å². The highest BCUT2D eigenvalue weighted by Crippen LogP contribution is 2.34. The second kappa shape index (κ2) is 8.35. The average molecular weight is 383 g/mol. The predicted octanol–water partition coefficient (Wildman–Crippen LogP) is 3.18. The molecule has 2 aromatic carbocycles. The van der Waals surface area contributed by atoms with E-state index < -0.39 is 0 Å². The third-order valence-electron chi connectivity index (χ3n) is 4.23. The third kappa shape index (κ3) is 4.54. The van der Waals surface area contributed by atoms with E-state index in [1.165, 1.54) is 11.8 Å². The summed E-state index contributed by atoms with van der Waals surface area (Å²) in [4.78, 5) is 20.9. The van der Waals surface area contributed by atoms with E-state index in [4.69, 9.17) is 9.47 Å². The molecule has 0 saturated heterocycles. The van der Waals surface area contributed by atoms with E-state index in [0.717, 1.165) is 46.1 Å². The number of nitrogens with one attached hydrogen (secondary N) is 2. The molecule has 2 N–H and O–H groups in total. The van der Waals surface area contributed by atoms with Crippen LogP contribution in [0, 0.1) is 0 Å². The summed E-state index contributed by atoms with van der Waals surface area (Å²) >= 11 is 1.49. The van der Waals surface area contributed by atoms with Crippen molar-refractivity contribution in [2.24, 2.45) is 0 Å². The summed E-state index contributed by atoms with van der Waals surface area (Å²) < 4.78 is 11.1. The molecule has 27 heavy (non-hydrogen) atoms. The van der Waals surface area contributed by atoms with Gasteiger partial charge in [0, 0.05) is 17.9 Å². The lowest BCUT2D eigenvalue weighted by molar-refractivity contribution is -0.118. The van der Waals surface area contributed by atoms with Crippen LogP contribution in [0.15, 0.2) is 47.4 Å². The molecule has 0 radical (unpaired) electrons. The Balaban J connectivity index is 1.18. The summed E-state index contributed by atoms with van der Waals surface area (Å²) in [6.45, 7) is 1.78. The quantitative estimate of drug-likeness (QED) is 0.484. The van der Waals surface area contributed by atoms with Gasteiger partial charge in [0.25, 0.3) is 0 Å². The van der Waals surface area contributed by atoms with E-state index in [0.29, 0.717) is 25.5 Å². The SMILES string of the molecule is O=C(CSc1ccc2c(c1)OCCO2)NCCCc1nc2ccccc2[nH]1. The zero-order chi connectivity index (χ0) is 18.5. The van der Waals surface area contributed by atoms with E-state index in [1.807, 2.05) is 42.5 Å². The van der Waals surface area contributed by atoms with Crippen LogP contribution in [0.5, 0.6) is 11.5 Å². The zero-order valence-electron chi connectivity index (χ0n) is 14.9. The molecule has 1 aliphatic rings. The van der Waals surface area contributed by atoms with Crippen molar-refractivity contribution in [2.45, 2.75) is 17.7 Å². The highest BCUT2D eigenvalue weighted by molar-refractivity contribution is 8.00. The maximum Gasteiger partial charge on any atom is 0.230 e. The number of aryl methyl sites for hydroxylation is 1. The molecule has 1 aliphatic heterocycles. The Morgan fingerprint density at radius 2 is 2.00 bits per heavy atom. The van der Waals surface area contributed by atoms with Crippen molar-refractivity contribution in [3.8, 4) is 11.5 Å². The lowest BCUT2D eigenvalue weighted by atomic mass is 10.3. The Hall–Kier alpha value is -2.67. The molecule has 3 aromatic rings. The van der Waals surface area contributed by atoms with Gasteiger partial charge in [0.05, 0.1) is 16.8 Å². The van der Waals surface area contributed by atoms with Crippen LogP contribution in [0.3, 0.4) is 0 Å². The van der Waals surface area contributed by atoms with E-state index in [9.17, 15) is 4.79 Å². The number of rotatable bonds is 7. The lowest BCUT2D eigenvalue weighted by Gasteiger charge is -2.18. The minimum absolute atomic E-state index is 0.0273. The second-order valence-electron chi connectivity index (χ2n) is 6.25. The molecule has 0 bridgehead atoms. The molecular formula is C20H21N3O3S. The van der Waals surface area contributed by atoms with E-state index >= 15 is 0 Å². The van der Waals surface area contributed by atoms with Crippen molar-refractivity contribution in [3.63, 3.8) is 0 Å². The molecule has 140 valence electrons. The van der Waals surface area contributed by atoms with Gasteiger partial charge in [-0.1, -0.05) is 12.1 Å². The number of thioether (sulfide) groups is 1. The van der Waals surface area contributed by atoms with Gasteiger partial charge in [-0.05, 0) is 36.8 Å². The summed E-state index contributed by atoms with van der Waals surface area (Å²) in [7, 11) is 0. The summed E-state index contributed by atoms with van der Waals surface area (Å²) in [5.74, 6) is 2.87. The van der Waals surface area contributed by atoms with E-state index in [2.05, 4.69) is 15.3 Å². The summed E-state index contributed by atoms with van der Waals surface area (Å²) in [6, 6.07) is 13.7. The van der Waals surface area contributed by atoms with Gasteiger partial charge < -0.3 is 19.8 Å². The molecule has 4 rings (SSSR count). The van der Waals surface area contributed by atoms with Gasteiger partial charge in [0.1, 0.15) is 19.0 Å². The van der Waals surface area contributed by atoms with Gasteiger partial charge in [0.2, 0.25) is 5.91 Å². The molecule has 0 atom stereocenters. The number of carbonyl (C=O) groups is 1. The lowest BCUT2D eigenvalue weighted by Crippen LogP contribution is -2.26. The monoisotopic (exact) mass is 383 g/mol. The first-order valence-corrected chi connectivity index (χ1v) is 9.99. The maximum absolute atomic E-state index is 12.0. The fraction of sp³-hybridized carbons (Fsp3) is 0.300. The van der Waals surface area contributed by atoms with Crippen molar-refractivity contribution >= 4 is 28.7 Å². The first kappa shape index (κ1) is 17.7. The van der Waals surface area contributed by atoms with Crippen molar-refractivity contribution in [1.29, 1.82) is 0 Å². The van der Waals surface area contributed by atoms with E-state index in [-0.39, 0.29) is 5.91 Å². The van der Waals surface area contributed by atoms with Gasteiger partial charge in [-0.25, -0.2) is 4.98 Å². The summed E-state index contributed by atoms with van der Waals surface area (Å²) in [5.41, 5.74) is 2.03. The van der Waals surface area contributed by atoms with Crippen molar-refractivity contribution in [1.82, 2.24) is 15.3 Å². The number of benzene rings is 2. The summed E-state index contributed by atoms with van der Waals surface area (Å²) in [6.07, 6.45) is 1.66. The molecule has 1 amide bonds. The van der Waals surface area contributed by atoms with Gasteiger partial charge in [-0.3, -0.25) is 4.79 Å². The molecule has 0 fully saturated rings. The highest BCUT2D eigenvalue weighted by atomic mass is 32.2. The molecular weight excluding hydrogens is 362 g/mol. The number of carbonyl (C=O) groups excluding carboxylic acids is 1. The smallest absolute Gasteiger partial charge is 0.230 e. The Kier molecular flexibility index (Phi) is 5.48. The molecule has 0 saturated carbocycles.